The zero-order valence-corrected chi connectivity index (χ0v) is 12.3. The molecule has 9 heteroatoms. The molecule has 0 radical (unpaired) electrons. The number of rotatable bonds is 3. The number of ether oxygens (including phenoxy) is 1. The van der Waals surface area contributed by atoms with Gasteiger partial charge in [0.25, 0.3) is 11.2 Å². The quantitative estimate of drug-likeness (QED) is 0.641. The monoisotopic (exact) mass is 389 g/mol. The van der Waals surface area contributed by atoms with Crippen LogP contribution in [0.4, 0.5) is 5.69 Å². The van der Waals surface area contributed by atoms with Crippen molar-refractivity contribution >= 4 is 37.5 Å². The summed E-state index contributed by atoms with van der Waals surface area (Å²) in [6.45, 7) is 0. The second-order valence-electron chi connectivity index (χ2n) is 3.36. The molecule has 19 heavy (non-hydrogen) atoms. The molecule has 2 rings (SSSR count). The van der Waals surface area contributed by atoms with Gasteiger partial charge in [0.05, 0.1) is 17.3 Å². The van der Waals surface area contributed by atoms with Crippen LogP contribution in [0.3, 0.4) is 0 Å². The summed E-state index contributed by atoms with van der Waals surface area (Å²) in [5.74, 6) is 0.219. The number of aromatic nitrogens is 2. The molecule has 0 spiro atoms. The Labute approximate surface area is 123 Å². The third-order valence-electron chi connectivity index (χ3n) is 2.05. The van der Waals surface area contributed by atoms with Gasteiger partial charge in [-0.2, -0.15) is 0 Å². The highest BCUT2D eigenvalue weighted by Gasteiger charge is 2.13. The maximum absolute atomic E-state index is 11.3. The molecule has 0 amide bonds. The number of nitro groups is 1. The standard InChI is InChI=1S/C10H5Br2N3O4/c11-5-1-6(15(17)18)3-7(2-5)19-10-8(12)9(16)13-4-14-10/h1-4H,(H,13,14,16). The minimum absolute atomic E-state index is 0.0242. The van der Waals surface area contributed by atoms with E-state index in [-0.39, 0.29) is 21.8 Å². The van der Waals surface area contributed by atoms with Gasteiger partial charge in [-0.25, -0.2) is 4.98 Å². The van der Waals surface area contributed by atoms with Crippen molar-refractivity contribution in [1.82, 2.24) is 9.97 Å². The first-order chi connectivity index (χ1) is 8.97. The number of hydrogen-bond donors (Lipinski definition) is 1. The summed E-state index contributed by atoms with van der Waals surface area (Å²) in [7, 11) is 0. The van der Waals surface area contributed by atoms with Gasteiger partial charge in [0.2, 0.25) is 5.88 Å². The van der Waals surface area contributed by atoms with E-state index in [1.54, 1.807) is 0 Å². The molecule has 0 saturated carbocycles. The third-order valence-corrected chi connectivity index (χ3v) is 3.20. The van der Waals surface area contributed by atoms with Gasteiger partial charge in [-0.05, 0) is 22.0 Å². The lowest BCUT2D eigenvalue weighted by molar-refractivity contribution is -0.385. The predicted molar refractivity (Wildman–Crippen MR) is 73.4 cm³/mol. The van der Waals surface area contributed by atoms with Crippen LogP contribution in [-0.4, -0.2) is 14.9 Å². The van der Waals surface area contributed by atoms with Crippen molar-refractivity contribution < 1.29 is 9.66 Å². The van der Waals surface area contributed by atoms with Crippen LogP contribution in [0.2, 0.25) is 0 Å². The van der Waals surface area contributed by atoms with Crippen molar-refractivity contribution in [3.63, 3.8) is 0 Å². The molecule has 0 saturated heterocycles. The highest BCUT2D eigenvalue weighted by Crippen LogP contribution is 2.30. The number of nitro benzene ring substituents is 1. The molecule has 0 aliphatic heterocycles. The van der Waals surface area contributed by atoms with Crippen molar-refractivity contribution in [1.29, 1.82) is 0 Å². The molecular formula is C10H5Br2N3O4. The number of hydrogen-bond acceptors (Lipinski definition) is 5. The number of aromatic amines is 1. The largest absolute Gasteiger partial charge is 0.437 e. The Hall–Kier alpha value is -1.74. The summed E-state index contributed by atoms with van der Waals surface area (Å²) >= 11 is 6.17. The lowest BCUT2D eigenvalue weighted by Crippen LogP contribution is -2.08. The SMILES string of the molecule is O=c1[nH]cnc(Oc2cc(Br)cc([N+](=O)[O-])c2)c1Br. The van der Waals surface area contributed by atoms with Crippen LogP contribution < -0.4 is 10.3 Å². The molecule has 1 aromatic heterocycles. The Morgan fingerprint density at radius 2 is 2.05 bits per heavy atom. The number of H-pyrrole nitrogens is 1. The number of nitrogens with zero attached hydrogens (tertiary/aromatic N) is 2. The third kappa shape index (κ3) is 3.18. The van der Waals surface area contributed by atoms with E-state index in [9.17, 15) is 14.9 Å². The first-order valence-electron chi connectivity index (χ1n) is 4.83. The molecule has 1 N–H and O–H groups in total. The average Bonchev–Trinajstić information content (AvgIpc) is 2.34. The zero-order chi connectivity index (χ0) is 14.0. The molecule has 0 aliphatic carbocycles. The molecule has 0 aliphatic rings. The molecule has 1 heterocycles. The second kappa shape index (κ2) is 5.49. The lowest BCUT2D eigenvalue weighted by atomic mass is 10.3. The van der Waals surface area contributed by atoms with Crippen LogP contribution in [0, 0.1) is 10.1 Å². The van der Waals surface area contributed by atoms with Gasteiger partial charge in [-0.3, -0.25) is 14.9 Å². The summed E-state index contributed by atoms with van der Waals surface area (Å²) in [5.41, 5.74) is -0.542. The van der Waals surface area contributed by atoms with Gasteiger partial charge >= 0.3 is 0 Å². The van der Waals surface area contributed by atoms with Crippen molar-refractivity contribution in [2.24, 2.45) is 0 Å². The Morgan fingerprint density at radius 1 is 1.32 bits per heavy atom. The maximum Gasteiger partial charge on any atom is 0.274 e. The second-order valence-corrected chi connectivity index (χ2v) is 5.06. The molecule has 2 aromatic rings. The van der Waals surface area contributed by atoms with Crippen LogP contribution >= 0.6 is 31.9 Å². The number of halogens is 2. The smallest absolute Gasteiger partial charge is 0.274 e. The van der Waals surface area contributed by atoms with Crippen molar-refractivity contribution in [2.75, 3.05) is 0 Å². The van der Waals surface area contributed by atoms with E-state index in [2.05, 4.69) is 41.8 Å². The molecule has 7 nitrogen and oxygen atoms in total. The van der Waals surface area contributed by atoms with Gasteiger partial charge in [-0.1, -0.05) is 15.9 Å². The van der Waals surface area contributed by atoms with Crippen LogP contribution in [-0.2, 0) is 0 Å². The minimum atomic E-state index is -0.544. The summed E-state index contributed by atoms with van der Waals surface area (Å²) < 4.78 is 5.94. The van der Waals surface area contributed by atoms with E-state index in [1.807, 2.05) is 0 Å². The van der Waals surface area contributed by atoms with Gasteiger partial charge in [0, 0.05) is 10.5 Å². The summed E-state index contributed by atoms with van der Waals surface area (Å²) in [6, 6.07) is 4.11. The molecule has 0 bridgehead atoms. The van der Waals surface area contributed by atoms with Crippen molar-refractivity contribution in [3.05, 3.63) is 53.9 Å². The first kappa shape index (κ1) is 13.7. The molecule has 1 aromatic carbocycles. The Bertz CT molecular complexity index is 701. The lowest BCUT2D eigenvalue weighted by Gasteiger charge is -2.06. The Morgan fingerprint density at radius 3 is 2.74 bits per heavy atom. The van der Waals surface area contributed by atoms with Crippen LogP contribution in [0.5, 0.6) is 11.6 Å². The van der Waals surface area contributed by atoms with Gasteiger partial charge in [-0.15, -0.1) is 0 Å². The highest BCUT2D eigenvalue weighted by molar-refractivity contribution is 9.10. The minimum Gasteiger partial charge on any atom is -0.437 e. The normalized spacial score (nSPS) is 10.2. The van der Waals surface area contributed by atoms with E-state index in [0.717, 1.165) is 0 Å². The molecule has 0 atom stereocenters. The molecule has 0 unspecified atom stereocenters. The summed E-state index contributed by atoms with van der Waals surface area (Å²) in [5, 5.41) is 10.7. The molecule has 0 fully saturated rings. The van der Waals surface area contributed by atoms with Gasteiger partial charge < -0.3 is 9.72 Å². The first-order valence-corrected chi connectivity index (χ1v) is 6.42. The fourth-order valence-electron chi connectivity index (χ4n) is 1.26. The Balaban J connectivity index is 2.41. The van der Waals surface area contributed by atoms with E-state index in [0.29, 0.717) is 4.47 Å². The highest BCUT2D eigenvalue weighted by atomic mass is 79.9. The molecule has 98 valence electrons. The van der Waals surface area contributed by atoms with E-state index in [1.165, 1.54) is 24.5 Å². The molecular weight excluding hydrogens is 386 g/mol. The summed E-state index contributed by atoms with van der Waals surface area (Å²) in [6.07, 6.45) is 1.18. The van der Waals surface area contributed by atoms with Gasteiger partial charge in [0.1, 0.15) is 10.2 Å². The fourth-order valence-corrected chi connectivity index (χ4v) is 2.02. The zero-order valence-electron chi connectivity index (χ0n) is 9.09. The van der Waals surface area contributed by atoms with E-state index in [4.69, 9.17) is 4.74 Å². The van der Waals surface area contributed by atoms with Crippen molar-refractivity contribution in [2.45, 2.75) is 0 Å². The average molecular weight is 391 g/mol. The van der Waals surface area contributed by atoms with Gasteiger partial charge in [0.15, 0.2) is 0 Å². The van der Waals surface area contributed by atoms with Crippen molar-refractivity contribution in [3.8, 4) is 11.6 Å². The van der Waals surface area contributed by atoms with E-state index < -0.39 is 10.5 Å². The summed E-state index contributed by atoms with van der Waals surface area (Å²) in [4.78, 5) is 27.7. The van der Waals surface area contributed by atoms with Crippen LogP contribution in [0.1, 0.15) is 0 Å². The van der Waals surface area contributed by atoms with Crippen LogP contribution in [0.15, 0.2) is 38.3 Å². The Kier molecular flexibility index (Phi) is 3.96. The fraction of sp³-hybridized carbons (Fsp3) is 0. The number of non-ortho nitro benzene ring substituents is 1. The number of nitrogens with one attached hydrogen (secondary N) is 1. The predicted octanol–water partition coefficient (Wildman–Crippen LogP) is 3.00. The topological polar surface area (TPSA) is 98.1 Å². The van der Waals surface area contributed by atoms with Crippen LogP contribution in [0.25, 0.3) is 0 Å². The van der Waals surface area contributed by atoms with E-state index >= 15 is 0 Å². The number of benzene rings is 1. The maximum atomic E-state index is 11.3.